The molecule has 2 nitrogen and oxygen atoms in total. The van der Waals surface area contributed by atoms with Crippen molar-refractivity contribution in [2.75, 3.05) is 7.05 Å². The smallest absolute Gasteiger partial charge is 0.0908 e. The monoisotopic (exact) mass is 178 g/mol. The lowest BCUT2D eigenvalue weighted by Gasteiger charge is -2.34. The molecule has 0 N–H and O–H groups in total. The van der Waals surface area contributed by atoms with E-state index < -0.39 is 0 Å². The molecule has 2 aliphatic rings. The van der Waals surface area contributed by atoms with Crippen LogP contribution < -0.4 is 0 Å². The van der Waals surface area contributed by atoms with E-state index in [4.69, 9.17) is 0 Å². The fourth-order valence-electron chi connectivity index (χ4n) is 2.55. The van der Waals surface area contributed by atoms with Gasteiger partial charge in [0.25, 0.3) is 0 Å². The van der Waals surface area contributed by atoms with Crippen LogP contribution in [-0.4, -0.2) is 24.3 Å². The van der Waals surface area contributed by atoms with Crippen LogP contribution in [0.3, 0.4) is 0 Å². The third-order valence-corrected chi connectivity index (χ3v) is 3.76. The first-order valence-electron chi connectivity index (χ1n) is 5.00. The summed E-state index contributed by atoms with van der Waals surface area (Å²) in [6.07, 6.45) is 5.45. The molecule has 1 heterocycles. The van der Waals surface area contributed by atoms with Gasteiger partial charge in [0.1, 0.15) is 0 Å². The second kappa shape index (κ2) is 2.60. The number of aliphatic imine (C=N–C) groups is 1. The van der Waals surface area contributed by atoms with Crippen LogP contribution in [0.15, 0.2) is 16.8 Å². The molecule has 0 fully saturated rings. The fraction of sp³-hybridized carbons (Fsp3) is 0.727. The van der Waals surface area contributed by atoms with Crippen LogP contribution in [-0.2, 0) is 0 Å². The standard InChI is InChI=1S/C11H18N2/c1-8-9-5-6-10(11(9,2)3)12-7-13(8)4/h6-9H,5H2,1-4H3/t8-,9?/m0/s1. The first-order chi connectivity index (χ1) is 6.03. The van der Waals surface area contributed by atoms with E-state index in [1.54, 1.807) is 0 Å². The van der Waals surface area contributed by atoms with Crippen LogP contribution in [0.1, 0.15) is 27.2 Å². The molecule has 1 aliphatic carbocycles. The Balaban J connectivity index is 2.41. The van der Waals surface area contributed by atoms with Gasteiger partial charge in [0.05, 0.1) is 6.34 Å². The first-order valence-corrected chi connectivity index (χ1v) is 5.00. The molecule has 0 radical (unpaired) electrons. The van der Waals surface area contributed by atoms with Gasteiger partial charge in [0.15, 0.2) is 0 Å². The minimum absolute atomic E-state index is 0.265. The molecule has 72 valence electrons. The molecular weight excluding hydrogens is 160 g/mol. The molecule has 0 amide bonds. The molecule has 1 aliphatic heterocycles. The number of nitrogens with zero attached hydrogens (tertiary/aromatic N) is 2. The number of hydrogen-bond acceptors (Lipinski definition) is 2. The Hall–Kier alpha value is -0.790. The zero-order valence-electron chi connectivity index (χ0n) is 8.91. The summed E-state index contributed by atoms with van der Waals surface area (Å²) in [5.41, 5.74) is 1.54. The lowest BCUT2D eigenvalue weighted by molar-refractivity contribution is 0.188. The van der Waals surface area contributed by atoms with Crippen molar-refractivity contribution in [3.8, 4) is 0 Å². The van der Waals surface area contributed by atoms with Crippen molar-refractivity contribution >= 4 is 6.34 Å². The summed E-state index contributed by atoms with van der Waals surface area (Å²) < 4.78 is 0. The minimum Gasteiger partial charge on any atom is -0.363 e. The first kappa shape index (κ1) is 8.79. The molecule has 0 aromatic heterocycles. The maximum atomic E-state index is 4.53. The van der Waals surface area contributed by atoms with Crippen LogP contribution in [0.4, 0.5) is 0 Å². The van der Waals surface area contributed by atoms with E-state index >= 15 is 0 Å². The van der Waals surface area contributed by atoms with Gasteiger partial charge in [-0.05, 0) is 19.3 Å². The second-order valence-corrected chi connectivity index (χ2v) is 4.80. The Morgan fingerprint density at radius 2 is 2.23 bits per heavy atom. The lowest BCUT2D eigenvalue weighted by atomic mass is 9.76. The SMILES string of the molecule is C[C@H]1C2CC=C(N=CN1C)C2(C)C. The summed E-state index contributed by atoms with van der Waals surface area (Å²) >= 11 is 0. The van der Waals surface area contributed by atoms with Gasteiger partial charge in [-0.3, -0.25) is 0 Å². The lowest BCUT2D eigenvalue weighted by Crippen LogP contribution is -2.38. The van der Waals surface area contributed by atoms with Gasteiger partial charge in [-0.2, -0.15) is 0 Å². The van der Waals surface area contributed by atoms with Crippen molar-refractivity contribution < 1.29 is 0 Å². The van der Waals surface area contributed by atoms with E-state index in [0.29, 0.717) is 6.04 Å². The van der Waals surface area contributed by atoms with Crippen molar-refractivity contribution in [1.82, 2.24) is 4.90 Å². The van der Waals surface area contributed by atoms with Gasteiger partial charge >= 0.3 is 0 Å². The van der Waals surface area contributed by atoms with Gasteiger partial charge in [-0.25, -0.2) is 4.99 Å². The van der Waals surface area contributed by atoms with Gasteiger partial charge in [0.2, 0.25) is 0 Å². The molecule has 0 aromatic rings. The number of fused-ring (bicyclic) bond motifs is 2. The van der Waals surface area contributed by atoms with Crippen molar-refractivity contribution in [2.45, 2.75) is 33.2 Å². The van der Waals surface area contributed by atoms with Crippen LogP contribution in [0.2, 0.25) is 0 Å². The Bertz CT molecular complexity index is 276. The number of hydrogen-bond donors (Lipinski definition) is 0. The molecule has 0 spiro atoms. The van der Waals surface area contributed by atoms with E-state index in [9.17, 15) is 0 Å². The molecule has 0 aromatic carbocycles. The zero-order chi connectivity index (χ0) is 9.64. The molecule has 2 atom stereocenters. The normalized spacial score (nSPS) is 36.0. The maximum Gasteiger partial charge on any atom is 0.0908 e. The quantitative estimate of drug-likeness (QED) is 0.555. The summed E-state index contributed by atoms with van der Waals surface area (Å²) in [5.74, 6) is 0.718. The fourth-order valence-corrected chi connectivity index (χ4v) is 2.55. The van der Waals surface area contributed by atoms with Gasteiger partial charge in [-0.1, -0.05) is 19.9 Å². The summed E-state index contributed by atoms with van der Waals surface area (Å²) in [6, 6.07) is 0.593. The Morgan fingerprint density at radius 3 is 2.92 bits per heavy atom. The topological polar surface area (TPSA) is 15.6 Å². The predicted octanol–water partition coefficient (Wildman–Crippen LogP) is 2.28. The molecule has 0 saturated heterocycles. The third-order valence-electron chi connectivity index (χ3n) is 3.76. The predicted molar refractivity (Wildman–Crippen MR) is 55.7 cm³/mol. The molecule has 2 heteroatoms. The second-order valence-electron chi connectivity index (χ2n) is 4.80. The highest BCUT2D eigenvalue weighted by Gasteiger charge is 2.42. The van der Waals surface area contributed by atoms with Gasteiger partial charge in [0, 0.05) is 24.2 Å². The highest BCUT2D eigenvalue weighted by atomic mass is 15.2. The Labute approximate surface area is 80.3 Å². The summed E-state index contributed by atoms with van der Waals surface area (Å²) in [4.78, 5) is 6.76. The van der Waals surface area contributed by atoms with Gasteiger partial charge < -0.3 is 4.90 Å². The summed E-state index contributed by atoms with van der Waals surface area (Å²) in [6.45, 7) is 6.91. The van der Waals surface area contributed by atoms with Crippen molar-refractivity contribution in [3.05, 3.63) is 11.8 Å². The van der Waals surface area contributed by atoms with Crippen molar-refractivity contribution in [1.29, 1.82) is 0 Å². The van der Waals surface area contributed by atoms with E-state index in [1.807, 2.05) is 6.34 Å². The van der Waals surface area contributed by atoms with Crippen LogP contribution in [0.25, 0.3) is 0 Å². The molecule has 2 bridgehead atoms. The minimum atomic E-state index is 0.265. The van der Waals surface area contributed by atoms with E-state index in [1.165, 1.54) is 12.1 Å². The Kier molecular flexibility index (Phi) is 1.76. The highest BCUT2D eigenvalue weighted by molar-refractivity contribution is 5.59. The van der Waals surface area contributed by atoms with Crippen molar-refractivity contribution in [2.24, 2.45) is 16.3 Å². The van der Waals surface area contributed by atoms with Crippen molar-refractivity contribution in [3.63, 3.8) is 0 Å². The van der Waals surface area contributed by atoms with Crippen LogP contribution in [0.5, 0.6) is 0 Å². The zero-order valence-corrected chi connectivity index (χ0v) is 8.91. The van der Waals surface area contributed by atoms with Crippen LogP contribution in [0, 0.1) is 11.3 Å². The number of rotatable bonds is 0. The highest BCUT2D eigenvalue weighted by Crippen LogP contribution is 2.47. The average Bonchev–Trinajstić information content (AvgIpc) is 2.30. The molecular formula is C11H18N2. The van der Waals surface area contributed by atoms with E-state index in [2.05, 4.69) is 43.8 Å². The molecule has 0 saturated carbocycles. The largest absolute Gasteiger partial charge is 0.363 e. The third kappa shape index (κ3) is 1.11. The van der Waals surface area contributed by atoms with Crippen LogP contribution >= 0.6 is 0 Å². The summed E-state index contributed by atoms with van der Waals surface area (Å²) in [7, 11) is 2.12. The maximum absolute atomic E-state index is 4.53. The molecule has 13 heavy (non-hydrogen) atoms. The van der Waals surface area contributed by atoms with E-state index in [-0.39, 0.29) is 5.41 Å². The molecule has 2 rings (SSSR count). The average molecular weight is 178 g/mol. The Morgan fingerprint density at radius 1 is 1.54 bits per heavy atom. The molecule has 1 unspecified atom stereocenters. The number of allylic oxidation sites excluding steroid dienone is 2. The van der Waals surface area contributed by atoms with Gasteiger partial charge in [-0.15, -0.1) is 0 Å². The summed E-state index contributed by atoms with van der Waals surface area (Å²) in [5, 5.41) is 0. The van der Waals surface area contributed by atoms with E-state index in [0.717, 1.165) is 5.92 Å².